The third-order valence-corrected chi connectivity index (χ3v) is 4.59. The van der Waals surface area contributed by atoms with E-state index in [9.17, 15) is 0 Å². The van der Waals surface area contributed by atoms with Crippen LogP contribution in [-0.4, -0.2) is 14.8 Å². The third-order valence-electron chi connectivity index (χ3n) is 3.33. The Bertz CT molecular complexity index is 731. The van der Waals surface area contributed by atoms with Gasteiger partial charge in [-0.05, 0) is 45.0 Å². The molecule has 0 saturated heterocycles. The standard InChI is InChI=1S/C16H18N4S/c1-11-16(21-13(3)18-11)12(2)19-14-6-4-7-15(10-14)20-9-5-8-17-20/h4-10,12,19H,1-3H3. The van der Waals surface area contributed by atoms with Gasteiger partial charge in [0.05, 0.1) is 22.4 Å². The Hall–Kier alpha value is -2.14. The highest BCUT2D eigenvalue weighted by atomic mass is 32.1. The summed E-state index contributed by atoms with van der Waals surface area (Å²) in [6.07, 6.45) is 3.73. The highest BCUT2D eigenvalue weighted by molar-refractivity contribution is 7.11. The topological polar surface area (TPSA) is 42.7 Å². The molecule has 2 heterocycles. The zero-order valence-electron chi connectivity index (χ0n) is 12.4. The number of hydrogen-bond acceptors (Lipinski definition) is 4. The Morgan fingerprint density at radius 1 is 1.24 bits per heavy atom. The molecule has 1 N–H and O–H groups in total. The van der Waals surface area contributed by atoms with Gasteiger partial charge in [0.25, 0.3) is 0 Å². The van der Waals surface area contributed by atoms with Crippen molar-refractivity contribution >= 4 is 17.0 Å². The fourth-order valence-electron chi connectivity index (χ4n) is 2.42. The summed E-state index contributed by atoms with van der Waals surface area (Å²) in [6.45, 7) is 6.28. The smallest absolute Gasteiger partial charge is 0.0900 e. The molecule has 1 atom stereocenters. The van der Waals surface area contributed by atoms with E-state index < -0.39 is 0 Å². The van der Waals surface area contributed by atoms with Gasteiger partial charge in [0.1, 0.15) is 0 Å². The van der Waals surface area contributed by atoms with E-state index in [1.54, 1.807) is 17.5 Å². The summed E-state index contributed by atoms with van der Waals surface area (Å²) in [7, 11) is 0. The average Bonchev–Trinajstić information content (AvgIpc) is 3.08. The normalized spacial score (nSPS) is 12.3. The Kier molecular flexibility index (Phi) is 3.75. The van der Waals surface area contributed by atoms with Crippen LogP contribution in [0.4, 0.5) is 5.69 Å². The van der Waals surface area contributed by atoms with Crippen molar-refractivity contribution in [1.29, 1.82) is 0 Å². The molecule has 5 heteroatoms. The maximum atomic E-state index is 4.50. The van der Waals surface area contributed by atoms with Crippen LogP contribution < -0.4 is 5.32 Å². The molecule has 0 spiro atoms. The van der Waals surface area contributed by atoms with E-state index in [0.717, 1.165) is 22.1 Å². The number of thiazole rings is 1. The first-order valence-corrected chi connectivity index (χ1v) is 7.75. The summed E-state index contributed by atoms with van der Waals surface area (Å²) in [5.74, 6) is 0. The number of anilines is 1. The lowest BCUT2D eigenvalue weighted by Gasteiger charge is -2.15. The van der Waals surface area contributed by atoms with E-state index in [2.05, 4.69) is 41.4 Å². The second kappa shape index (κ2) is 5.69. The van der Waals surface area contributed by atoms with Crippen LogP contribution in [0.15, 0.2) is 42.7 Å². The van der Waals surface area contributed by atoms with E-state index in [1.165, 1.54) is 4.88 Å². The largest absolute Gasteiger partial charge is 0.378 e. The van der Waals surface area contributed by atoms with Gasteiger partial charge in [-0.25, -0.2) is 9.67 Å². The SMILES string of the molecule is Cc1nc(C)c(C(C)Nc2cccc(-n3cccn3)c2)s1. The van der Waals surface area contributed by atoms with Crippen molar-refractivity contribution in [1.82, 2.24) is 14.8 Å². The van der Waals surface area contributed by atoms with Crippen molar-refractivity contribution in [2.45, 2.75) is 26.8 Å². The molecule has 0 saturated carbocycles. The van der Waals surface area contributed by atoms with Crippen LogP contribution in [0.25, 0.3) is 5.69 Å². The van der Waals surface area contributed by atoms with Crippen molar-refractivity contribution in [3.63, 3.8) is 0 Å². The number of aryl methyl sites for hydroxylation is 2. The van der Waals surface area contributed by atoms with Gasteiger partial charge in [0, 0.05) is 23.0 Å². The molecule has 1 unspecified atom stereocenters. The first kappa shape index (κ1) is 13.8. The fraction of sp³-hybridized carbons (Fsp3) is 0.250. The van der Waals surface area contributed by atoms with Gasteiger partial charge in [0.2, 0.25) is 0 Å². The molecule has 0 aliphatic heterocycles. The molecule has 3 aromatic rings. The quantitative estimate of drug-likeness (QED) is 0.788. The van der Waals surface area contributed by atoms with Gasteiger partial charge < -0.3 is 5.32 Å². The molecule has 0 fully saturated rings. The Balaban J connectivity index is 1.82. The average molecular weight is 298 g/mol. The van der Waals surface area contributed by atoms with E-state index in [-0.39, 0.29) is 6.04 Å². The summed E-state index contributed by atoms with van der Waals surface area (Å²) in [4.78, 5) is 5.79. The van der Waals surface area contributed by atoms with Crippen molar-refractivity contribution in [3.8, 4) is 5.69 Å². The number of aromatic nitrogens is 3. The maximum Gasteiger partial charge on any atom is 0.0900 e. The summed E-state index contributed by atoms with van der Waals surface area (Å²) in [6, 6.07) is 10.4. The van der Waals surface area contributed by atoms with Gasteiger partial charge >= 0.3 is 0 Å². The Morgan fingerprint density at radius 3 is 2.76 bits per heavy atom. The van der Waals surface area contributed by atoms with Crippen LogP contribution in [0.5, 0.6) is 0 Å². The summed E-state index contributed by atoms with van der Waals surface area (Å²) in [5, 5.41) is 8.92. The van der Waals surface area contributed by atoms with Gasteiger partial charge in [-0.15, -0.1) is 11.3 Å². The fourth-order valence-corrected chi connectivity index (χ4v) is 3.35. The number of rotatable bonds is 4. The van der Waals surface area contributed by atoms with Crippen LogP contribution in [0.1, 0.15) is 28.5 Å². The molecule has 0 radical (unpaired) electrons. The number of hydrogen-bond donors (Lipinski definition) is 1. The molecule has 21 heavy (non-hydrogen) atoms. The van der Waals surface area contributed by atoms with Crippen LogP contribution >= 0.6 is 11.3 Å². The highest BCUT2D eigenvalue weighted by Gasteiger charge is 2.13. The van der Waals surface area contributed by atoms with E-state index in [1.807, 2.05) is 36.0 Å². The molecule has 0 aliphatic rings. The molecule has 0 amide bonds. The lowest BCUT2D eigenvalue weighted by Crippen LogP contribution is -2.07. The second-order valence-corrected chi connectivity index (χ2v) is 6.28. The zero-order valence-corrected chi connectivity index (χ0v) is 13.2. The maximum absolute atomic E-state index is 4.50. The number of nitrogens with one attached hydrogen (secondary N) is 1. The lowest BCUT2D eigenvalue weighted by molar-refractivity contribution is 0.872. The summed E-state index contributed by atoms with van der Waals surface area (Å²) in [5.41, 5.74) is 3.25. The molecule has 108 valence electrons. The first-order valence-electron chi connectivity index (χ1n) is 6.94. The molecule has 1 aromatic carbocycles. The molecule has 0 bridgehead atoms. The van der Waals surface area contributed by atoms with Crippen LogP contribution in [0.2, 0.25) is 0 Å². The van der Waals surface area contributed by atoms with Crippen LogP contribution in [0, 0.1) is 13.8 Å². The first-order chi connectivity index (χ1) is 10.1. The molecule has 0 aliphatic carbocycles. The Morgan fingerprint density at radius 2 is 2.10 bits per heavy atom. The molecule has 4 nitrogen and oxygen atoms in total. The van der Waals surface area contributed by atoms with Crippen LogP contribution in [0.3, 0.4) is 0 Å². The monoisotopic (exact) mass is 298 g/mol. The summed E-state index contributed by atoms with van der Waals surface area (Å²) < 4.78 is 1.86. The predicted octanol–water partition coefficient (Wildman–Crippen LogP) is 4.12. The molecule has 3 rings (SSSR count). The van der Waals surface area contributed by atoms with Crippen molar-refractivity contribution in [2.75, 3.05) is 5.32 Å². The second-order valence-electron chi connectivity index (χ2n) is 5.05. The van der Waals surface area contributed by atoms with Crippen molar-refractivity contribution in [2.24, 2.45) is 0 Å². The van der Waals surface area contributed by atoms with Crippen molar-refractivity contribution < 1.29 is 0 Å². The molecule has 2 aromatic heterocycles. The number of nitrogens with zero attached hydrogens (tertiary/aromatic N) is 3. The van der Waals surface area contributed by atoms with Crippen LogP contribution in [-0.2, 0) is 0 Å². The molecular formula is C16H18N4S. The number of benzene rings is 1. The zero-order chi connectivity index (χ0) is 14.8. The van der Waals surface area contributed by atoms with E-state index in [4.69, 9.17) is 0 Å². The minimum Gasteiger partial charge on any atom is -0.378 e. The lowest BCUT2D eigenvalue weighted by atomic mass is 10.2. The van der Waals surface area contributed by atoms with Gasteiger partial charge in [-0.3, -0.25) is 0 Å². The van der Waals surface area contributed by atoms with Crippen molar-refractivity contribution in [3.05, 3.63) is 58.3 Å². The van der Waals surface area contributed by atoms with Gasteiger partial charge in [-0.2, -0.15) is 5.10 Å². The van der Waals surface area contributed by atoms with E-state index in [0.29, 0.717) is 0 Å². The van der Waals surface area contributed by atoms with Gasteiger partial charge in [-0.1, -0.05) is 6.07 Å². The van der Waals surface area contributed by atoms with E-state index >= 15 is 0 Å². The van der Waals surface area contributed by atoms with Gasteiger partial charge in [0.15, 0.2) is 0 Å². The minimum absolute atomic E-state index is 0.240. The third kappa shape index (κ3) is 2.97. The minimum atomic E-state index is 0.240. The summed E-state index contributed by atoms with van der Waals surface area (Å²) >= 11 is 1.75. The molecular weight excluding hydrogens is 280 g/mol. The predicted molar refractivity (Wildman–Crippen MR) is 87.2 cm³/mol. The highest BCUT2D eigenvalue weighted by Crippen LogP contribution is 2.28. The Labute approximate surface area is 128 Å².